The zero-order valence-corrected chi connectivity index (χ0v) is 9.98. The molecule has 0 saturated heterocycles. The van der Waals surface area contributed by atoms with Crippen molar-refractivity contribution >= 4 is 5.69 Å². The molecule has 0 atom stereocenters. The summed E-state index contributed by atoms with van der Waals surface area (Å²) in [5, 5.41) is 3.36. The summed E-state index contributed by atoms with van der Waals surface area (Å²) in [6.07, 6.45) is 9.61. The molecule has 0 spiro atoms. The van der Waals surface area contributed by atoms with Crippen LogP contribution >= 0.6 is 0 Å². The number of hydrogen-bond donors (Lipinski definition) is 1. The van der Waals surface area contributed by atoms with Crippen molar-refractivity contribution in [3.63, 3.8) is 0 Å². The molecule has 1 N–H and O–H groups in total. The fourth-order valence-electron chi connectivity index (χ4n) is 1.71. The average molecular weight is 224 g/mol. The van der Waals surface area contributed by atoms with Crippen LogP contribution in [-0.2, 0) is 13.1 Å². The highest BCUT2D eigenvalue weighted by Crippen LogP contribution is 2.11. The number of aromatic nitrogens is 1. The third kappa shape index (κ3) is 2.92. The quantitative estimate of drug-likeness (QED) is 0.790. The molecule has 0 aliphatic rings. The first-order valence-electron chi connectivity index (χ1n) is 5.77. The molecule has 0 radical (unpaired) electrons. The maximum Gasteiger partial charge on any atom is 0.0415 e. The van der Waals surface area contributed by atoms with Crippen LogP contribution < -0.4 is 5.32 Å². The van der Waals surface area contributed by atoms with E-state index in [4.69, 9.17) is 6.42 Å². The van der Waals surface area contributed by atoms with Crippen LogP contribution in [0.1, 0.15) is 18.1 Å². The van der Waals surface area contributed by atoms with Gasteiger partial charge in [0, 0.05) is 36.7 Å². The Labute approximate surface area is 102 Å². The lowest BCUT2D eigenvalue weighted by atomic mass is 10.2. The summed E-state index contributed by atoms with van der Waals surface area (Å²) in [5.41, 5.74) is 3.24. The van der Waals surface area contributed by atoms with Gasteiger partial charge >= 0.3 is 0 Å². The molecule has 0 unspecified atom stereocenters. The zero-order chi connectivity index (χ0) is 12.1. The van der Waals surface area contributed by atoms with E-state index in [-0.39, 0.29) is 0 Å². The summed E-state index contributed by atoms with van der Waals surface area (Å²) in [6.45, 7) is 3.96. The minimum Gasteiger partial charge on any atom is -0.381 e. The van der Waals surface area contributed by atoms with Crippen molar-refractivity contribution in [1.29, 1.82) is 0 Å². The van der Waals surface area contributed by atoms with Crippen molar-refractivity contribution in [2.24, 2.45) is 0 Å². The number of anilines is 1. The van der Waals surface area contributed by atoms with Crippen LogP contribution in [0.15, 0.2) is 42.7 Å². The van der Waals surface area contributed by atoms with Crippen molar-refractivity contribution < 1.29 is 0 Å². The van der Waals surface area contributed by atoms with E-state index < -0.39 is 0 Å². The number of aryl methyl sites for hydroxylation is 1. The summed E-state index contributed by atoms with van der Waals surface area (Å²) < 4.78 is 2.16. The second-order valence-corrected chi connectivity index (χ2v) is 3.93. The minimum atomic E-state index is 0.820. The van der Waals surface area contributed by atoms with Crippen LogP contribution in [-0.4, -0.2) is 4.57 Å². The Morgan fingerprint density at radius 3 is 2.94 bits per heavy atom. The van der Waals surface area contributed by atoms with Gasteiger partial charge in [-0.05, 0) is 36.8 Å². The highest BCUT2D eigenvalue weighted by molar-refractivity contribution is 5.50. The van der Waals surface area contributed by atoms with Gasteiger partial charge in [0.05, 0.1) is 0 Å². The molecule has 0 amide bonds. The van der Waals surface area contributed by atoms with E-state index >= 15 is 0 Å². The first-order valence-corrected chi connectivity index (χ1v) is 5.77. The Balaban J connectivity index is 1.99. The summed E-state index contributed by atoms with van der Waals surface area (Å²) in [5.74, 6) is 2.63. The largest absolute Gasteiger partial charge is 0.381 e. The van der Waals surface area contributed by atoms with Crippen molar-refractivity contribution in [1.82, 2.24) is 4.57 Å². The van der Waals surface area contributed by atoms with Gasteiger partial charge in [-0.2, -0.15) is 0 Å². The second-order valence-electron chi connectivity index (χ2n) is 3.93. The minimum absolute atomic E-state index is 0.820. The Kier molecular flexibility index (Phi) is 3.52. The fourth-order valence-corrected chi connectivity index (χ4v) is 1.71. The van der Waals surface area contributed by atoms with Gasteiger partial charge in [-0.15, -0.1) is 6.42 Å². The molecule has 0 saturated carbocycles. The molecule has 0 aliphatic carbocycles. The van der Waals surface area contributed by atoms with E-state index in [1.807, 2.05) is 24.3 Å². The summed E-state index contributed by atoms with van der Waals surface area (Å²) in [7, 11) is 0. The molecule has 86 valence electrons. The Hall–Kier alpha value is -2.14. The molecule has 2 aromatic rings. The number of rotatable bonds is 4. The van der Waals surface area contributed by atoms with E-state index in [9.17, 15) is 0 Å². The van der Waals surface area contributed by atoms with E-state index in [0.29, 0.717) is 0 Å². The molecular weight excluding hydrogens is 208 g/mol. The third-order valence-corrected chi connectivity index (χ3v) is 2.70. The number of nitrogens with one attached hydrogen (secondary N) is 1. The lowest BCUT2D eigenvalue weighted by Gasteiger charge is -2.05. The van der Waals surface area contributed by atoms with Crippen LogP contribution in [0.4, 0.5) is 5.69 Å². The molecule has 1 aromatic carbocycles. The van der Waals surface area contributed by atoms with Crippen LogP contribution in [0.3, 0.4) is 0 Å². The molecule has 2 nitrogen and oxygen atoms in total. The molecule has 2 rings (SSSR count). The third-order valence-electron chi connectivity index (χ3n) is 2.70. The Morgan fingerprint density at radius 2 is 2.24 bits per heavy atom. The first kappa shape index (κ1) is 11.3. The molecule has 0 aliphatic heterocycles. The van der Waals surface area contributed by atoms with Gasteiger partial charge in [0.1, 0.15) is 0 Å². The van der Waals surface area contributed by atoms with Gasteiger partial charge < -0.3 is 9.88 Å². The Bertz CT molecular complexity index is 532. The highest BCUT2D eigenvalue weighted by atomic mass is 14.9. The van der Waals surface area contributed by atoms with Crippen LogP contribution in [0.25, 0.3) is 0 Å². The summed E-state index contributed by atoms with van der Waals surface area (Å²) in [4.78, 5) is 0. The molecule has 17 heavy (non-hydrogen) atoms. The first-order chi connectivity index (χ1) is 8.31. The van der Waals surface area contributed by atoms with Gasteiger partial charge in [0.2, 0.25) is 0 Å². The summed E-state index contributed by atoms with van der Waals surface area (Å²) in [6, 6.07) is 10.0. The average Bonchev–Trinajstić information content (AvgIpc) is 2.84. The zero-order valence-electron chi connectivity index (χ0n) is 9.98. The molecule has 0 fully saturated rings. The van der Waals surface area contributed by atoms with Gasteiger partial charge in [-0.25, -0.2) is 0 Å². The highest BCUT2D eigenvalue weighted by Gasteiger charge is 1.97. The predicted octanol–water partition coefficient (Wildman–Crippen LogP) is 3.10. The van der Waals surface area contributed by atoms with Crippen LogP contribution in [0, 0.1) is 12.3 Å². The van der Waals surface area contributed by atoms with E-state index in [1.165, 1.54) is 5.56 Å². The normalized spacial score (nSPS) is 9.88. The van der Waals surface area contributed by atoms with Gasteiger partial charge in [-0.1, -0.05) is 12.0 Å². The number of terminal acetylenes is 1. The van der Waals surface area contributed by atoms with Crippen LogP contribution in [0.5, 0.6) is 0 Å². The molecule has 0 bridgehead atoms. The monoisotopic (exact) mass is 224 g/mol. The molecule has 1 aromatic heterocycles. The van der Waals surface area contributed by atoms with E-state index in [2.05, 4.69) is 41.2 Å². The standard InChI is InChI=1S/C15H16N2/c1-3-13-6-5-7-15(10-13)16-11-14-8-9-17(4-2)12-14/h1,5-10,12,16H,4,11H2,2H3. The summed E-state index contributed by atoms with van der Waals surface area (Å²) >= 11 is 0. The lowest BCUT2D eigenvalue weighted by Crippen LogP contribution is -1.98. The number of hydrogen-bond acceptors (Lipinski definition) is 1. The van der Waals surface area contributed by atoms with Gasteiger partial charge in [0.25, 0.3) is 0 Å². The Morgan fingerprint density at radius 1 is 1.35 bits per heavy atom. The van der Waals surface area contributed by atoms with E-state index in [0.717, 1.165) is 24.3 Å². The second kappa shape index (κ2) is 5.27. The number of nitrogens with zero attached hydrogens (tertiary/aromatic N) is 1. The van der Waals surface area contributed by atoms with Crippen molar-refractivity contribution in [3.8, 4) is 12.3 Å². The predicted molar refractivity (Wildman–Crippen MR) is 71.8 cm³/mol. The molecular formula is C15H16N2. The maximum atomic E-state index is 5.37. The maximum absolute atomic E-state index is 5.37. The van der Waals surface area contributed by atoms with Crippen molar-refractivity contribution in [2.75, 3.05) is 5.32 Å². The topological polar surface area (TPSA) is 17.0 Å². The molecule has 2 heteroatoms. The van der Waals surface area contributed by atoms with Crippen LogP contribution in [0.2, 0.25) is 0 Å². The SMILES string of the molecule is C#Cc1cccc(NCc2ccn(CC)c2)c1. The number of benzene rings is 1. The fraction of sp³-hybridized carbons (Fsp3) is 0.200. The molecule has 1 heterocycles. The van der Waals surface area contributed by atoms with Crippen molar-refractivity contribution in [3.05, 3.63) is 53.9 Å². The van der Waals surface area contributed by atoms with E-state index in [1.54, 1.807) is 0 Å². The smallest absolute Gasteiger partial charge is 0.0415 e. The van der Waals surface area contributed by atoms with Crippen molar-refractivity contribution in [2.45, 2.75) is 20.0 Å². The van der Waals surface area contributed by atoms with Gasteiger partial charge in [-0.3, -0.25) is 0 Å². The lowest BCUT2D eigenvalue weighted by molar-refractivity contribution is 0.766. The van der Waals surface area contributed by atoms with Gasteiger partial charge in [0.15, 0.2) is 0 Å².